The van der Waals surface area contributed by atoms with Crippen LogP contribution in [0.4, 0.5) is 5.69 Å². The van der Waals surface area contributed by atoms with Crippen LogP contribution in [-0.4, -0.2) is 17.9 Å². The Hall–Kier alpha value is -2.62. The predicted octanol–water partition coefficient (Wildman–Crippen LogP) is 0.574. The van der Waals surface area contributed by atoms with Crippen molar-refractivity contribution in [1.29, 1.82) is 5.26 Å². The van der Waals surface area contributed by atoms with Crippen LogP contribution in [0.15, 0.2) is 12.1 Å². The van der Waals surface area contributed by atoms with Crippen LogP contribution in [0.1, 0.15) is 15.9 Å². The number of carbonyl (C=O) groups excluding carboxylic acids is 1. The summed E-state index contributed by atoms with van der Waals surface area (Å²) in [6.45, 7) is 0. The first-order chi connectivity index (χ1) is 7.52. The number of primary amides is 1. The fourth-order valence-electron chi connectivity index (χ4n) is 1.24. The SMILES string of the molecule is COc1ccc(C(N)=O)c(C#N)c1[N+](=O)[O-]. The Balaban J connectivity index is 3.64. The number of methoxy groups -OCH3 is 1. The van der Waals surface area contributed by atoms with Crippen LogP contribution in [-0.2, 0) is 0 Å². The van der Waals surface area contributed by atoms with Gasteiger partial charge in [0.05, 0.1) is 17.6 Å². The number of ether oxygens (including phenoxy) is 1. The van der Waals surface area contributed by atoms with Gasteiger partial charge in [0.15, 0.2) is 5.75 Å². The molecule has 7 nitrogen and oxygen atoms in total. The Morgan fingerprint density at radius 2 is 2.25 bits per heavy atom. The number of nitriles is 1. The highest BCUT2D eigenvalue weighted by atomic mass is 16.6. The summed E-state index contributed by atoms with van der Waals surface area (Å²) in [6, 6.07) is 4.02. The molecule has 1 amide bonds. The highest BCUT2D eigenvalue weighted by molar-refractivity contribution is 5.97. The Kier molecular flexibility index (Phi) is 3.06. The molecule has 0 bridgehead atoms. The molecule has 2 N–H and O–H groups in total. The highest BCUT2D eigenvalue weighted by Crippen LogP contribution is 2.32. The van der Waals surface area contributed by atoms with Gasteiger partial charge < -0.3 is 10.5 Å². The molecule has 0 spiro atoms. The number of hydrogen-bond acceptors (Lipinski definition) is 5. The second kappa shape index (κ2) is 4.27. The molecule has 0 fully saturated rings. The summed E-state index contributed by atoms with van der Waals surface area (Å²) in [4.78, 5) is 20.9. The summed E-state index contributed by atoms with van der Waals surface area (Å²) in [5.74, 6) is -0.992. The first-order valence-electron chi connectivity index (χ1n) is 4.08. The van der Waals surface area contributed by atoms with E-state index in [1.54, 1.807) is 6.07 Å². The number of nitrogens with zero attached hydrogens (tertiary/aromatic N) is 2. The molecule has 7 heteroatoms. The maximum atomic E-state index is 11.0. The number of nitro groups is 1. The molecule has 0 radical (unpaired) electrons. The van der Waals surface area contributed by atoms with Gasteiger partial charge >= 0.3 is 5.69 Å². The van der Waals surface area contributed by atoms with Crippen LogP contribution < -0.4 is 10.5 Å². The molecule has 0 aliphatic rings. The smallest absolute Gasteiger partial charge is 0.329 e. The Morgan fingerprint density at radius 3 is 2.62 bits per heavy atom. The van der Waals surface area contributed by atoms with E-state index in [1.807, 2.05) is 0 Å². The largest absolute Gasteiger partial charge is 0.490 e. The molecule has 0 aliphatic carbocycles. The molecule has 82 valence electrons. The van der Waals surface area contributed by atoms with E-state index in [2.05, 4.69) is 0 Å². The second-order valence-electron chi connectivity index (χ2n) is 2.77. The average Bonchev–Trinajstić information content (AvgIpc) is 2.26. The molecule has 0 heterocycles. The first-order valence-corrected chi connectivity index (χ1v) is 4.08. The van der Waals surface area contributed by atoms with Gasteiger partial charge in [0.2, 0.25) is 5.91 Å². The third-order valence-electron chi connectivity index (χ3n) is 1.92. The molecular weight excluding hydrogens is 214 g/mol. The van der Waals surface area contributed by atoms with Crippen molar-refractivity contribution < 1.29 is 14.5 Å². The molecule has 1 aromatic carbocycles. The third-order valence-corrected chi connectivity index (χ3v) is 1.92. The Morgan fingerprint density at radius 1 is 1.62 bits per heavy atom. The lowest BCUT2D eigenvalue weighted by atomic mass is 10.1. The summed E-state index contributed by atoms with van der Waals surface area (Å²) < 4.78 is 4.74. The minimum Gasteiger partial charge on any atom is -0.490 e. The van der Waals surface area contributed by atoms with Crippen LogP contribution >= 0.6 is 0 Å². The number of hydrogen-bond donors (Lipinski definition) is 1. The first kappa shape index (κ1) is 11.5. The lowest BCUT2D eigenvalue weighted by Gasteiger charge is -2.05. The van der Waals surface area contributed by atoms with Gasteiger partial charge in [-0.15, -0.1) is 0 Å². The number of rotatable bonds is 3. The van der Waals surface area contributed by atoms with Crippen molar-refractivity contribution in [3.63, 3.8) is 0 Å². The van der Waals surface area contributed by atoms with E-state index in [-0.39, 0.29) is 11.3 Å². The molecule has 0 aliphatic heterocycles. The third kappa shape index (κ3) is 1.76. The predicted molar refractivity (Wildman–Crippen MR) is 52.9 cm³/mol. The number of carbonyl (C=O) groups is 1. The summed E-state index contributed by atoms with van der Waals surface area (Å²) in [5.41, 5.74) is 3.85. The van der Waals surface area contributed by atoms with Crippen molar-refractivity contribution in [2.45, 2.75) is 0 Å². The van der Waals surface area contributed by atoms with Gasteiger partial charge in [0.25, 0.3) is 0 Å². The van der Waals surface area contributed by atoms with Crippen LogP contribution in [0.3, 0.4) is 0 Å². The molecule has 16 heavy (non-hydrogen) atoms. The number of benzene rings is 1. The van der Waals surface area contributed by atoms with Gasteiger partial charge in [-0.2, -0.15) is 5.26 Å². The van der Waals surface area contributed by atoms with Crippen molar-refractivity contribution in [1.82, 2.24) is 0 Å². The Bertz CT molecular complexity index is 504. The molecule has 1 aromatic rings. The molecule has 0 atom stereocenters. The van der Waals surface area contributed by atoms with Crippen molar-refractivity contribution in [3.05, 3.63) is 33.4 Å². The second-order valence-corrected chi connectivity index (χ2v) is 2.77. The summed E-state index contributed by atoms with van der Waals surface area (Å²) in [7, 11) is 1.23. The fourth-order valence-corrected chi connectivity index (χ4v) is 1.24. The van der Waals surface area contributed by atoms with E-state index in [9.17, 15) is 14.9 Å². The highest BCUT2D eigenvalue weighted by Gasteiger charge is 2.25. The maximum Gasteiger partial charge on any atom is 0.329 e. The summed E-state index contributed by atoms with van der Waals surface area (Å²) in [6.07, 6.45) is 0. The zero-order chi connectivity index (χ0) is 12.3. The van der Waals surface area contributed by atoms with E-state index in [4.69, 9.17) is 15.7 Å². The minimum atomic E-state index is -0.901. The summed E-state index contributed by atoms with van der Waals surface area (Å²) in [5, 5.41) is 19.6. The fraction of sp³-hybridized carbons (Fsp3) is 0.111. The normalized spacial score (nSPS) is 9.25. The Labute approximate surface area is 90.2 Å². The lowest BCUT2D eigenvalue weighted by Crippen LogP contribution is -2.14. The molecule has 0 aromatic heterocycles. The monoisotopic (exact) mass is 221 g/mol. The van der Waals surface area contributed by atoms with E-state index < -0.39 is 22.1 Å². The number of nitrogens with two attached hydrogens (primary N) is 1. The minimum absolute atomic E-state index is 0.0912. The van der Waals surface area contributed by atoms with Gasteiger partial charge in [0.1, 0.15) is 11.6 Å². The van der Waals surface area contributed by atoms with Crippen LogP contribution in [0, 0.1) is 21.4 Å². The van der Waals surface area contributed by atoms with E-state index >= 15 is 0 Å². The van der Waals surface area contributed by atoms with Crippen molar-refractivity contribution >= 4 is 11.6 Å². The number of nitro benzene ring substituents is 1. The maximum absolute atomic E-state index is 11.0. The standard InChI is InChI=1S/C9H7N3O4/c1-16-7-3-2-5(9(11)13)6(4-10)8(7)12(14)15/h2-3H,1H3,(H2,11,13). The van der Waals surface area contributed by atoms with Gasteiger partial charge in [-0.25, -0.2) is 0 Å². The van der Waals surface area contributed by atoms with Gasteiger partial charge in [0, 0.05) is 0 Å². The molecule has 0 saturated carbocycles. The van der Waals surface area contributed by atoms with E-state index in [1.165, 1.54) is 19.2 Å². The van der Waals surface area contributed by atoms with Crippen LogP contribution in [0.2, 0.25) is 0 Å². The van der Waals surface area contributed by atoms with E-state index in [0.717, 1.165) is 0 Å². The molecular formula is C9H7N3O4. The van der Waals surface area contributed by atoms with Crippen molar-refractivity contribution in [2.75, 3.05) is 7.11 Å². The quantitative estimate of drug-likeness (QED) is 0.591. The topological polar surface area (TPSA) is 119 Å². The molecule has 0 unspecified atom stereocenters. The lowest BCUT2D eigenvalue weighted by molar-refractivity contribution is -0.386. The zero-order valence-corrected chi connectivity index (χ0v) is 8.26. The van der Waals surface area contributed by atoms with Crippen molar-refractivity contribution in [2.24, 2.45) is 5.73 Å². The van der Waals surface area contributed by atoms with Crippen LogP contribution in [0.25, 0.3) is 0 Å². The van der Waals surface area contributed by atoms with Gasteiger partial charge in [-0.3, -0.25) is 14.9 Å². The molecule has 1 rings (SSSR count). The van der Waals surface area contributed by atoms with Crippen LogP contribution in [0.5, 0.6) is 5.75 Å². The number of amides is 1. The van der Waals surface area contributed by atoms with E-state index in [0.29, 0.717) is 0 Å². The average molecular weight is 221 g/mol. The summed E-state index contributed by atoms with van der Waals surface area (Å²) >= 11 is 0. The molecule has 0 saturated heterocycles. The van der Waals surface area contributed by atoms with Gasteiger partial charge in [-0.05, 0) is 12.1 Å². The van der Waals surface area contributed by atoms with Gasteiger partial charge in [-0.1, -0.05) is 0 Å². The van der Waals surface area contributed by atoms with Crippen molar-refractivity contribution in [3.8, 4) is 11.8 Å². The zero-order valence-electron chi connectivity index (χ0n) is 8.26.